The molecule has 0 aliphatic carbocycles. The molecule has 17 unspecified atom stereocenters. The lowest BCUT2D eigenvalue weighted by Gasteiger charge is -2.48. The van der Waals surface area contributed by atoms with Crippen LogP contribution in [0, 0.1) is 0 Å². The first-order chi connectivity index (χ1) is 46.8. The van der Waals surface area contributed by atoms with Crippen molar-refractivity contribution in [1.82, 2.24) is 5.32 Å². The Balaban J connectivity index is 1.41. The van der Waals surface area contributed by atoms with Crippen molar-refractivity contribution in [3.8, 4) is 0 Å². The molecular weight excluding hydrogens is 1230 g/mol. The van der Waals surface area contributed by atoms with E-state index in [0.29, 0.717) is 12.8 Å². The van der Waals surface area contributed by atoms with E-state index in [9.17, 15) is 61.0 Å². The first-order valence-corrected chi connectivity index (χ1v) is 37.8. The number of aliphatic hydroxyl groups excluding tert-OH is 11. The summed E-state index contributed by atoms with van der Waals surface area (Å²) in [5.41, 5.74) is 0. The number of rotatable bonds is 58. The molecule has 12 N–H and O–H groups in total. The van der Waals surface area contributed by atoms with Gasteiger partial charge in [-0.2, -0.15) is 0 Å². The van der Waals surface area contributed by atoms with Gasteiger partial charge in [-0.05, 0) is 83.5 Å². The summed E-state index contributed by atoms with van der Waals surface area (Å²) < 4.78 is 34.4. The van der Waals surface area contributed by atoms with Crippen LogP contribution in [0.1, 0.15) is 264 Å². The fourth-order valence-corrected chi connectivity index (χ4v) is 12.3. The van der Waals surface area contributed by atoms with Gasteiger partial charge < -0.3 is 89.9 Å². The van der Waals surface area contributed by atoms with Gasteiger partial charge >= 0.3 is 0 Å². The van der Waals surface area contributed by atoms with Crippen molar-refractivity contribution in [1.29, 1.82) is 0 Å². The van der Waals surface area contributed by atoms with Gasteiger partial charge in [0.2, 0.25) is 5.91 Å². The van der Waals surface area contributed by atoms with Crippen LogP contribution in [0.3, 0.4) is 0 Å². The lowest BCUT2D eigenvalue weighted by molar-refractivity contribution is -0.379. The van der Waals surface area contributed by atoms with Crippen molar-refractivity contribution < 1.29 is 89.4 Å². The molecule has 1 amide bonds. The first kappa shape index (κ1) is 87.2. The van der Waals surface area contributed by atoms with E-state index in [2.05, 4.69) is 92.1 Å². The highest BCUT2D eigenvalue weighted by Gasteiger charge is 2.53. The van der Waals surface area contributed by atoms with Crippen LogP contribution in [0.5, 0.6) is 0 Å². The fraction of sp³-hybridized carbons (Fsp3) is 0.805. The van der Waals surface area contributed by atoms with Crippen LogP contribution in [-0.4, -0.2) is 193 Å². The topological polar surface area (TPSA) is 307 Å². The zero-order chi connectivity index (χ0) is 69.6. The average Bonchev–Trinajstić information content (AvgIpc) is 0.787. The van der Waals surface area contributed by atoms with Crippen molar-refractivity contribution in [2.24, 2.45) is 0 Å². The van der Waals surface area contributed by atoms with Crippen molar-refractivity contribution in [2.75, 3.05) is 26.4 Å². The molecule has 0 saturated carbocycles. The predicted molar refractivity (Wildman–Crippen MR) is 378 cm³/mol. The SMILES string of the molecule is CC/C=C\C/C=C\C/C=C\C/C=C\CCCCCCCCCCCCCCCCCCC(=O)NC(COC1OC(CO)C(OC2OC(CO)C(OC3OC(CO)C(O)C(O)C3O)C(O)C2O)C(O)C1O)C(O)/C=C/CC/C=C/CC/C=C/CCCCCCCCCCCCCC. The van der Waals surface area contributed by atoms with Crippen LogP contribution >= 0.6 is 0 Å². The summed E-state index contributed by atoms with van der Waals surface area (Å²) in [5, 5.41) is 121. The van der Waals surface area contributed by atoms with Gasteiger partial charge in [0.25, 0.3) is 0 Å². The maximum atomic E-state index is 13.4. The van der Waals surface area contributed by atoms with E-state index < -0.39 is 124 Å². The molecule has 556 valence electrons. The number of hydrogen-bond donors (Lipinski definition) is 12. The highest BCUT2D eigenvalue weighted by Crippen LogP contribution is 2.33. The Morgan fingerprint density at radius 3 is 1.17 bits per heavy atom. The molecule has 0 spiro atoms. The summed E-state index contributed by atoms with van der Waals surface area (Å²) in [5.74, 6) is -0.290. The van der Waals surface area contributed by atoms with Gasteiger partial charge in [-0.25, -0.2) is 0 Å². The molecule has 3 heterocycles. The van der Waals surface area contributed by atoms with Crippen molar-refractivity contribution in [2.45, 2.75) is 369 Å². The van der Waals surface area contributed by atoms with E-state index in [-0.39, 0.29) is 18.9 Å². The number of unbranched alkanes of at least 4 members (excludes halogenated alkanes) is 30. The molecular formula is C77H135NO18. The normalized spacial score (nSPS) is 27.5. The molecule has 0 aromatic heterocycles. The number of amides is 1. The zero-order valence-electron chi connectivity index (χ0n) is 59.1. The van der Waals surface area contributed by atoms with Crippen molar-refractivity contribution in [3.05, 3.63) is 85.1 Å². The number of ether oxygens (including phenoxy) is 6. The predicted octanol–water partition coefficient (Wildman–Crippen LogP) is 11.4. The van der Waals surface area contributed by atoms with Crippen molar-refractivity contribution >= 4 is 5.91 Å². The number of nitrogens with one attached hydrogen (secondary N) is 1. The summed E-state index contributed by atoms with van der Waals surface area (Å²) in [4.78, 5) is 13.4. The minimum atomic E-state index is -1.99. The molecule has 17 atom stereocenters. The van der Waals surface area contributed by atoms with Crippen LogP contribution in [-0.2, 0) is 33.2 Å². The van der Waals surface area contributed by atoms with Gasteiger partial charge in [0.05, 0.1) is 38.6 Å². The van der Waals surface area contributed by atoms with Gasteiger partial charge in [0, 0.05) is 6.42 Å². The minimum Gasteiger partial charge on any atom is -0.394 e. The molecule has 19 nitrogen and oxygen atoms in total. The molecule has 19 heteroatoms. The summed E-state index contributed by atoms with van der Waals surface area (Å²) in [6.07, 6.45) is 48.5. The van der Waals surface area contributed by atoms with E-state index in [0.717, 1.165) is 70.6 Å². The third-order valence-corrected chi connectivity index (χ3v) is 18.4. The number of hydrogen-bond acceptors (Lipinski definition) is 18. The second kappa shape index (κ2) is 57.6. The fourth-order valence-electron chi connectivity index (χ4n) is 12.3. The highest BCUT2D eigenvalue weighted by molar-refractivity contribution is 5.76. The molecule has 3 saturated heterocycles. The number of carbonyl (C=O) groups is 1. The van der Waals surface area contributed by atoms with Crippen LogP contribution in [0.2, 0.25) is 0 Å². The molecule has 3 aliphatic heterocycles. The van der Waals surface area contributed by atoms with Crippen molar-refractivity contribution in [3.63, 3.8) is 0 Å². The van der Waals surface area contributed by atoms with E-state index >= 15 is 0 Å². The molecule has 0 aromatic carbocycles. The second-order valence-electron chi connectivity index (χ2n) is 26.7. The van der Waals surface area contributed by atoms with E-state index in [1.54, 1.807) is 6.08 Å². The first-order valence-electron chi connectivity index (χ1n) is 37.8. The Hall–Kier alpha value is -3.03. The van der Waals surface area contributed by atoms with Gasteiger partial charge in [0.1, 0.15) is 73.2 Å². The van der Waals surface area contributed by atoms with E-state index in [4.69, 9.17) is 28.4 Å². The third kappa shape index (κ3) is 38.1. The molecule has 0 bridgehead atoms. The standard InChI is InChI=1S/C77H135NO18/c1-3-5-7-9-11-13-15-17-19-21-23-25-27-28-29-30-31-32-33-35-37-39-41-43-45-47-49-51-53-55-65(83)78-60(61(82)54-52-50-48-46-44-42-40-38-36-34-26-24-22-20-18-16-14-12-10-8-6-4-2)59-91-75-71(89)68(86)73(63(57-80)93-75)96-77-72(90)69(87)74(64(58-81)94-77)95-76-70(88)67(85)66(84)62(56-79)92-76/h5,7,11,13,17,19,23,25,36,38,44,46,52,54,60-64,66-77,79-82,84-90H,3-4,6,8-10,12,14-16,18,20-22,24,26-35,37,39-43,45,47-51,53,55-59H2,1-2H3,(H,78,83)/b7-5-,13-11-,19-17-,25-23-,38-36+,46-44+,54-52+. The Labute approximate surface area is 578 Å². The van der Waals surface area contributed by atoms with Gasteiger partial charge in [-0.1, -0.05) is 259 Å². The summed E-state index contributed by atoms with van der Waals surface area (Å²) in [7, 11) is 0. The highest BCUT2D eigenvalue weighted by atomic mass is 16.8. The summed E-state index contributed by atoms with van der Waals surface area (Å²) >= 11 is 0. The largest absolute Gasteiger partial charge is 0.394 e. The number of allylic oxidation sites excluding steroid dienone is 13. The average molecular weight is 1360 g/mol. The lowest BCUT2D eigenvalue weighted by atomic mass is 9.96. The maximum absolute atomic E-state index is 13.4. The van der Waals surface area contributed by atoms with Crippen LogP contribution in [0.15, 0.2) is 85.1 Å². The molecule has 96 heavy (non-hydrogen) atoms. The Bertz CT molecular complexity index is 2070. The number of aliphatic hydroxyl groups is 11. The molecule has 0 aromatic rings. The van der Waals surface area contributed by atoms with E-state index in [1.165, 1.54) is 161 Å². The van der Waals surface area contributed by atoms with E-state index in [1.807, 2.05) is 6.08 Å². The summed E-state index contributed by atoms with van der Waals surface area (Å²) in [6.45, 7) is 1.61. The Morgan fingerprint density at radius 2 is 0.729 bits per heavy atom. The van der Waals surface area contributed by atoms with Crippen LogP contribution in [0.4, 0.5) is 0 Å². The van der Waals surface area contributed by atoms with Crippen LogP contribution < -0.4 is 5.32 Å². The molecule has 0 radical (unpaired) electrons. The smallest absolute Gasteiger partial charge is 0.220 e. The molecule has 3 aliphatic rings. The van der Waals surface area contributed by atoms with Gasteiger partial charge in [0.15, 0.2) is 18.9 Å². The maximum Gasteiger partial charge on any atom is 0.220 e. The molecule has 3 rings (SSSR count). The second-order valence-corrected chi connectivity index (χ2v) is 26.7. The number of carbonyl (C=O) groups excluding carboxylic acids is 1. The minimum absolute atomic E-state index is 0.229. The van der Waals surface area contributed by atoms with Gasteiger partial charge in [-0.15, -0.1) is 0 Å². The Morgan fingerprint density at radius 1 is 0.385 bits per heavy atom. The third-order valence-electron chi connectivity index (χ3n) is 18.4. The molecule has 3 fully saturated rings. The monoisotopic (exact) mass is 1360 g/mol. The quantitative estimate of drug-likeness (QED) is 0.0199. The van der Waals surface area contributed by atoms with Gasteiger partial charge in [-0.3, -0.25) is 4.79 Å². The lowest BCUT2D eigenvalue weighted by Crippen LogP contribution is -2.66. The van der Waals surface area contributed by atoms with Crippen LogP contribution in [0.25, 0.3) is 0 Å². The Kier molecular flexibility index (Phi) is 52.3. The summed E-state index contributed by atoms with van der Waals surface area (Å²) in [6, 6.07) is -1.00. The zero-order valence-corrected chi connectivity index (χ0v) is 59.1.